The minimum absolute atomic E-state index is 0.223. The van der Waals surface area contributed by atoms with E-state index in [9.17, 15) is 4.79 Å². The number of nitrogens with zero attached hydrogens (tertiary/aromatic N) is 3. The molecule has 0 aliphatic carbocycles. The number of hydrazone groups is 1. The predicted octanol–water partition coefficient (Wildman–Crippen LogP) is 7.26. The number of aryl methyl sites for hydroxylation is 2. The van der Waals surface area contributed by atoms with Crippen molar-refractivity contribution in [1.82, 2.24) is 4.98 Å². The second-order valence-corrected chi connectivity index (χ2v) is 9.19. The molecule has 0 saturated carbocycles. The van der Waals surface area contributed by atoms with Gasteiger partial charge in [0.05, 0.1) is 16.4 Å². The smallest absolute Gasteiger partial charge is 0.267 e. The molecule has 1 aromatic heterocycles. The summed E-state index contributed by atoms with van der Waals surface area (Å²) in [5.74, 6) is -0.223. The van der Waals surface area contributed by atoms with Crippen LogP contribution in [-0.4, -0.2) is 17.1 Å². The molecule has 0 aliphatic rings. The molecule has 0 bridgehead atoms. The van der Waals surface area contributed by atoms with Crippen LogP contribution in [0.5, 0.6) is 0 Å². The fourth-order valence-electron chi connectivity index (χ4n) is 3.63. The average molecular weight is 462 g/mol. The Kier molecular flexibility index (Phi) is 6.02. The van der Waals surface area contributed by atoms with Gasteiger partial charge in [-0.1, -0.05) is 89.7 Å². The van der Waals surface area contributed by atoms with Gasteiger partial charge in [-0.3, -0.25) is 4.79 Å². The van der Waals surface area contributed by atoms with E-state index in [-0.39, 0.29) is 5.91 Å². The summed E-state index contributed by atoms with van der Waals surface area (Å²) in [5.41, 5.74) is 6.81. The quantitative estimate of drug-likeness (QED) is 0.204. The van der Waals surface area contributed by atoms with Crippen molar-refractivity contribution in [2.24, 2.45) is 5.10 Å². The van der Waals surface area contributed by atoms with Crippen LogP contribution < -0.4 is 5.01 Å². The molecule has 1 amide bonds. The molecule has 5 rings (SSSR count). The van der Waals surface area contributed by atoms with Gasteiger partial charge in [0.1, 0.15) is 0 Å². The molecule has 0 radical (unpaired) electrons. The molecule has 0 spiro atoms. The molecule has 5 heteroatoms. The highest BCUT2D eigenvalue weighted by Crippen LogP contribution is 2.31. The minimum atomic E-state index is -0.223. The van der Waals surface area contributed by atoms with Crippen LogP contribution in [0.1, 0.15) is 27.0 Å². The molecule has 34 heavy (non-hydrogen) atoms. The van der Waals surface area contributed by atoms with Gasteiger partial charge in [-0.05, 0) is 60.4 Å². The Balaban J connectivity index is 1.51. The number of thiazole rings is 1. The monoisotopic (exact) mass is 461 g/mol. The van der Waals surface area contributed by atoms with Crippen LogP contribution in [0.2, 0.25) is 0 Å². The van der Waals surface area contributed by atoms with Gasteiger partial charge in [0.25, 0.3) is 5.91 Å². The number of aromatic nitrogens is 1. The largest absolute Gasteiger partial charge is 0.280 e. The number of carbonyl (C=O) groups is 1. The highest BCUT2D eigenvalue weighted by Gasteiger charge is 2.21. The molecule has 1 heterocycles. The van der Waals surface area contributed by atoms with Crippen molar-refractivity contribution in [2.45, 2.75) is 13.8 Å². The van der Waals surface area contributed by atoms with Crippen molar-refractivity contribution in [2.75, 3.05) is 5.01 Å². The average Bonchev–Trinajstić information content (AvgIpc) is 3.28. The van der Waals surface area contributed by atoms with E-state index in [2.05, 4.69) is 23.3 Å². The fourth-order valence-corrected chi connectivity index (χ4v) is 4.65. The van der Waals surface area contributed by atoms with Gasteiger partial charge in [-0.15, -0.1) is 0 Å². The molecular formula is C29H23N3OS. The fraction of sp³-hybridized carbons (Fsp3) is 0.0690. The Morgan fingerprint density at radius 1 is 0.824 bits per heavy atom. The molecule has 4 nitrogen and oxygen atoms in total. The van der Waals surface area contributed by atoms with E-state index in [1.807, 2.05) is 92.7 Å². The maximum absolute atomic E-state index is 13.6. The van der Waals surface area contributed by atoms with Gasteiger partial charge in [0.2, 0.25) is 5.13 Å². The zero-order chi connectivity index (χ0) is 23.5. The van der Waals surface area contributed by atoms with Gasteiger partial charge in [0.15, 0.2) is 0 Å². The molecule has 0 aliphatic heterocycles. The topological polar surface area (TPSA) is 45.6 Å². The Hall–Kier alpha value is -4.09. The van der Waals surface area contributed by atoms with Crippen LogP contribution in [-0.2, 0) is 0 Å². The molecule has 0 fully saturated rings. The zero-order valence-electron chi connectivity index (χ0n) is 19.0. The number of hydrogen-bond donors (Lipinski definition) is 0. The Labute approximate surface area is 202 Å². The van der Waals surface area contributed by atoms with Crippen molar-refractivity contribution in [3.05, 3.63) is 119 Å². The van der Waals surface area contributed by atoms with Gasteiger partial charge in [-0.25, -0.2) is 4.98 Å². The molecule has 166 valence electrons. The predicted molar refractivity (Wildman–Crippen MR) is 142 cm³/mol. The summed E-state index contributed by atoms with van der Waals surface area (Å²) in [6.07, 6.45) is 1.70. The van der Waals surface area contributed by atoms with Crippen molar-refractivity contribution in [3.8, 4) is 11.1 Å². The number of fused-ring (bicyclic) bond motifs is 1. The van der Waals surface area contributed by atoms with Crippen LogP contribution in [0.4, 0.5) is 5.13 Å². The van der Waals surface area contributed by atoms with Crippen molar-refractivity contribution in [3.63, 3.8) is 0 Å². The van der Waals surface area contributed by atoms with E-state index in [1.54, 1.807) is 6.21 Å². The molecule has 0 saturated heterocycles. The maximum Gasteiger partial charge on any atom is 0.280 e. The lowest BCUT2D eigenvalue weighted by atomic mass is 10.0. The summed E-state index contributed by atoms with van der Waals surface area (Å²) in [7, 11) is 0. The first-order chi connectivity index (χ1) is 16.6. The summed E-state index contributed by atoms with van der Waals surface area (Å²) in [6, 6.07) is 31.8. The summed E-state index contributed by atoms with van der Waals surface area (Å²) >= 11 is 1.46. The lowest BCUT2D eigenvalue weighted by molar-refractivity contribution is 0.0988. The third-order valence-corrected chi connectivity index (χ3v) is 6.54. The van der Waals surface area contributed by atoms with Gasteiger partial charge in [0, 0.05) is 5.56 Å². The number of benzene rings is 4. The molecular weight excluding hydrogens is 438 g/mol. The van der Waals surface area contributed by atoms with Crippen molar-refractivity contribution >= 4 is 38.8 Å². The maximum atomic E-state index is 13.6. The summed E-state index contributed by atoms with van der Waals surface area (Å²) in [5, 5.41) is 6.52. The number of rotatable bonds is 5. The van der Waals surface area contributed by atoms with E-state index < -0.39 is 0 Å². The Bertz CT molecular complexity index is 1470. The van der Waals surface area contributed by atoms with Crippen LogP contribution >= 0.6 is 11.3 Å². The third-order valence-electron chi connectivity index (χ3n) is 5.54. The third kappa shape index (κ3) is 4.65. The van der Waals surface area contributed by atoms with Crippen LogP contribution in [0, 0.1) is 13.8 Å². The summed E-state index contributed by atoms with van der Waals surface area (Å²) in [6.45, 7) is 4.09. The van der Waals surface area contributed by atoms with E-state index in [4.69, 9.17) is 4.98 Å². The first-order valence-electron chi connectivity index (χ1n) is 11.0. The van der Waals surface area contributed by atoms with Gasteiger partial charge >= 0.3 is 0 Å². The number of anilines is 1. The van der Waals surface area contributed by atoms with E-state index in [0.717, 1.165) is 32.5 Å². The Morgan fingerprint density at radius 3 is 2.24 bits per heavy atom. The highest BCUT2D eigenvalue weighted by atomic mass is 32.1. The zero-order valence-corrected chi connectivity index (χ0v) is 19.8. The van der Waals surface area contributed by atoms with Gasteiger partial charge in [-0.2, -0.15) is 10.1 Å². The van der Waals surface area contributed by atoms with Gasteiger partial charge < -0.3 is 0 Å². The molecule has 5 aromatic rings. The first-order valence-corrected chi connectivity index (χ1v) is 11.9. The van der Waals surface area contributed by atoms with E-state index >= 15 is 0 Å². The minimum Gasteiger partial charge on any atom is -0.267 e. The number of amides is 1. The normalized spacial score (nSPS) is 11.2. The van der Waals surface area contributed by atoms with Crippen molar-refractivity contribution in [1.29, 1.82) is 0 Å². The molecule has 0 atom stereocenters. The number of carbonyl (C=O) groups excluding carboxylic acids is 1. The standard InChI is InChI=1S/C29H23N3OS/c1-20-8-11-22(12-9-20)19-30-32(29-31-26-17-10-21(2)18-27(26)34-29)28(33)25-15-13-24(14-16-25)23-6-4-3-5-7-23/h3-19H,1-2H3/b30-19+. The first kappa shape index (κ1) is 21.7. The van der Waals surface area contributed by atoms with E-state index in [0.29, 0.717) is 10.7 Å². The lowest BCUT2D eigenvalue weighted by Crippen LogP contribution is -2.25. The van der Waals surface area contributed by atoms with Crippen LogP contribution in [0.25, 0.3) is 21.3 Å². The second-order valence-electron chi connectivity index (χ2n) is 8.18. The van der Waals surface area contributed by atoms with Crippen LogP contribution in [0.15, 0.2) is 102 Å². The van der Waals surface area contributed by atoms with E-state index in [1.165, 1.54) is 21.9 Å². The molecule has 4 aromatic carbocycles. The van der Waals surface area contributed by atoms with Crippen molar-refractivity contribution < 1.29 is 4.79 Å². The highest BCUT2D eigenvalue weighted by molar-refractivity contribution is 7.22. The Morgan fingerprint density at radius 2 is 1.50 bits per heavy atom. The number of hydrogen-bond acceptors (Lipinski definition) is 4. The molecule has 0 unspecified atom stereocenters. The SMILES string of the molecule is Cc1ccc(/C=N/N(C(=O)c2ccc(-c3ccccc3)cc2)c2nc3ccc(C)cc3s2)cc1. The molecule has 0 N–H and O–H groups in total. The second kappa shape index (κ2) is 9.41. The summed E-state index contributed by atoms with van der Waals surface area (Å²) in [4.78, 5) is 18.3. The summed E-state index contributed by atoms with van der Waals surface area (Å²) < 4.78 is 1.03. The lowest BCUT2D eigenvalue weighted by Gasteiger charge is -2.14. The van der Waals surface area contributed by atoms with Crippen LogP contribution in [0.3, 0.4) is 0 Å².